The smallest absolute Gasteiger partial charge is 0.196 e. The van der Waals surface area contributed by atoms with Gasteiger partial charge in [-0.1, -0.05) is 0 Å². The molecule has 0 spiro atoms. The third-order valence-corrected chi connectivity index (χ3v) is 2.17. The van der Waals surface area contributed by atoms with Gasteiger partial charge in [-0.25, -0.2) is 9.97 Å². The topological polar surface area (TPSA) is 52.1 Å². The van der Waals surface area contributed by atoms with Crippen LogP contribution in [0.4, 0.5) is 0 Å². The molecule has 4 heteroatoms. The zero-order valence-corrected chi connectivity index (χ0v) is 8.75. The second-order valence-corrected chi connectivity index (χ2v) is 3.18. The summed E-state index contributed by atoms with van der Waals surface area (Å²) in [4.78, 5) is 19.5. The van der Waals surface area contributed by atoms with E-state index in [1.165, 1.54) is 18.7 Å². The number of ether oxygens (including phenoxy) is 1. The van der Waals surface area contributed by atoms with Crippen molar-refractivity contribution in [2.24, 2.45) is 0 Å². The first-order valence-electron chi connectivity index (χ1n) is 4.75. The van der Waals surface area contributed by atoms with E-state index in [4.69, 9.17) is 4.74 Å². The average molecular weight is 214 g/mol. The Balaban J connectivity index is 2.28. The minimum atomic E-state index is -0.0942. The van der Waals surface area contributed by atoms with E-state index in [1.807, 2.05) is 0 Å². The van der Waals surface area contributed by atoms with Crippen molar-refractivity contribution in [1.29, 1.82) is 0 Å². The van der Waals surface area contributed by atoms with E-state index >= 15 is 0 Å². The third kappa shape index (κ3) is 2.06. The Kier molecular flexibility index (Phi) is 2.91. The molecule has 0 bridgehead atoms. The van der Waals surface area contributed by atoms with Crippen LogP contribution in [0.2, 0.25) is 0 Å². The van der Waals surface area contributed by atoms with E-state index in [9.17, 15) is 4.79 Å². The lowest BCUT2D eigenvalue weighted by atomic mass is 10.1. The van der Waals surface area contributed by atoms with E-state index < -0.39 is 0 Å². The average Bonchev–Trinajstić information content (AvgIpc) is 2.39. The minimum absolute atomic E-state index is 0.0942. The largest absolute Gasteiger partial charge is 0.497 e. The molecular weight excluding hydrogens is 204 g/mol. The van der Waals surface area contributed by atoms with Crippen molar-refractivity contribution in [1.82, 2.24) is 9.97 Å². The molecule has 2 aromatic rings. The van der Waals surface area contributed by atoms with Crippen molar-refractivity contribution in [2.45, 2.75) is 0 Å². The maximum Gasteiger partial charge on any atom is 0.196 e. The summed E-state index contributed by atoms with van der Waals surface area (Å²) in [7, 11) is 1.59. The lowest BCUT2D eigenvalue weighted by Crippen LogP contribution is -2.02. The standard InChI is InChI=1S/C12H10N2O2/c1-16-11-4-2-9(3-5-11)12(15)10-6-13-8-14-7-10/h2-8H,1H3. The summed E-state index contributed by atoms with van der Waals surface area (Å²) >= 11 is 0. The molecule has 4 nitrogen and oxygen atoms in total. The molecule has 80 valence electrons. The Morgan fingerprint density at radius 1 is 1.06 bits per heavy atom. The molecule has 0 aliphatic rings. The lowest BCUT2D eigenvalue weighted by Gasteiger charge is -2.02. The van der Waals surface area contributed by atoms with Gasteiger partial charge in [-0.15, -0.1) is 0 Å². The summed E-state index contributed by atoms with van der Waals surface area (Å²) in [6, 6.07) is 6.93. The first-order valence-corrected chi connectivity index (χ1v) is 4.75. The van der Waals surface area contributed by atoms with Gasteiger partial charge in [-0.2, -0.15) is 0 Å². The van der Waals surface area contributed by atoms with Crippen LogP contribution in [0.3, 0.4) is 0 Å². The van der Waals surface area contributed by atoms with E-state index in [0.717, 1.165) is 5.75 Å². The van der Waals surface area contributed by atoms with Gasteiger partial charge in [0, 0.05) is 18.0 Å². The summed E-state index contributed by atoms with van der Waals surface area (Å²) in [5.74, 6) is 0.629. The number of rotatable bonds is 3. The Morgan fingerprint density at radius 3 is 2.25 bits per heavy atom. The monoisotopic (exact) mass is 214 g/mol. The van der Waals surface area contributed by atoms with Crippen LogP contribution >= 0.6 is 0 Å². The molecular formula is C12H10N2O2. The highest BCUT2D eigenvalue weighted by Crippen LogP contribution is 2.14. The number of ketones is 1. The van der Waals surface area contributed by atoms with Crippen LogP contribution in [-0.4, -0.2) is 22.9 Å². The first kappa shape index (κ1) is 10.3. The maximum absolute atomic E-state index is 11.9. The third-order valence-electron chi connectivity index (χ3n) is 2.17. The molecule has 0 aliphatic carbocycles. The Hall–Kier alpha value is -2.23. The number of methoxy groups -OCH3 is 1. The van der Waals surface area contributed by atoms with Crippen LogP contribution in [0.5, 0.6) is 5.75 Å². The molecule has 16 heavy (non-hydrogen) atoms. The van der Waals surface area contributed by atoms with E-state index in [0.29, 0.717) is 11.1 Å². The van der Waals surface area contributed by atoms with Crippen LogP contribution in [-0.2, 0) is 0 Å². The molecule has 0 unspecified atom stereocenters. The van der Waals surface area contributed by atoms with Crippen molar-refractivity contribution in [3.05, 3.63) is 54.1 Å². The summed E-state index contributed by atoms with van der Waals surface area (Å²) in [6.45, 7) is 0. The molecule has 0 aliphatic heterocycles. The maximum atomic E-state index is 11.9. The Labute approximate surface area is 92.9 Å². The number of aromatic nitrogens is 2. The molecule has 0 atom stereocenters. The lowest BCUT2D eigenvalue weighted by molar-refractivity contribution is 0.103. The molecule has 0 N–H and O–H groups in total. The fraction of sp³-hybridized carbons (Fsp3) is 0.0833. The zero-order valence-electron chi connectivity index (χ0n) is 8.75. The highest BCUT2D eigenvalue weighted by molar-refractivity contribution is 6.08. The molecule has 0 radical (unpaired) electrons. The van der Waals surface area contributed by atoms with Crippen LogP contribution in [0.25, 0.3) is 0 Å². The van der Waals surface area contributed by atoms with Crippen molar-refractivity contribution < 1.29 is 9.53 Å². The molecule has 1 heterocycles. The van der Waals surface area contributed by atoms with E-state index in [1.54, 1.807) is 31.4 Å². The normalized spacial score (nSPS) is 9.81. The second kappa shape index (κ2) is 4.53. The molecule has 2 rings (SSSR count). The summed E-state index contributed by atoms with van der Waals surface area (Å²) in [5, 5.41) is 0. The van der Waals surface area contributed by atoms with Gasteiger partial charge in [0.15, 0.2) is 5.78 Å². The summed E-state index contributed by atoms with van der Waals surface area (Å²) < 4.78 is 5.02. The highest BCUT2D eigenvalue weighted by atomic mass is 16.5. The van der Waals surface area contributed by atoms with Crippen LogP contribution < -0.4 is 4.74 Å². The van der Waals surface area contributed by atoms with Crippen LogP contribution in [0.1, 0.15) is 15.9 Å². The van der Waals surface area contributed by atoms with Gasteiger partial charge in [0.05, 0.1) is 12.7 Å². The van der Waals surface area contributed by atoms with Crippen LogP contribution in [0, 0.1) is 0 Å². The minimum Gasteiger partial charge on any atom is -0.497 e. The Bertz CT molecular complexity index is 480. The predicted molar refractivity (Wildman–Crippen MR) is 58.5 cm³/mol. The fourth-order valence-corrected chi connectivity index (χ4v) is 1.33. The fourth-order valence-electron chi connectivity index (χ4n) is 1.33. The highest BCUT2D eigenvalue weighted by Gasteiger charge is 2.08. The molecule has 0 fully saturated rings. The number of nitrogens with zero attached hydrogens (tertiary/aromatic N) is 2. The zero-order chi connectivity index (χ0) is 11.4. The van der Waals surface area contributed by atoms with Gasteiger partial charge in [0.2, 0.25) is 0 Å². The molecule has 0 saturated heterocycles. The second-order valence-electron chi connectivity index (χ2n) is 3.18. The van der Waals surface area contributed by atoms with E-state index in [2.05, 4.69) is 9.97 Å². The van der Waals surface area contributed by atoms with E-state index in [-0.39, 0.29) is 5.78 Å². The van der Waals surface area contributed by atoms with Gasteiger partial charge < -0.3 is 4.74 Å². The van der Waals surface area contributed by atoms with Gasteiger partial charge in [-0.3, -0.25) is 4.79 Å². The Morgan fingerprint density at radius 2 is 1.69 bits per heavy atom. The summed E-state index contributed by atoms with van der Waals surface area (Å²) in [5.41, 5.74) is 1.07. The number of carbonyl (C=O) groups is 1. The SMILES string of the molecule is COc1ccc(C(=O)c2cncnc2)cc1. The van der Waals surface area contributed by atoms with Crippen molar-refractivity contribution in [3.8, 4) is 5.75 Å². The number of carbonyl (C=O) groups excluding carboxylic acids is 1. The molecule has 1 aromatic carbocycles. The number of benzene rings is 1. The number of hydrogen-bond acceptors (Lipinski definition) is 4. The molecule has 1 aromatic heterocycles. The molecule has 0 saturated carbocycles. The van der Waals surface area contributed by atoms with Crippen molar-refractivity contribution in [3.63, 3.8) is 0 Å². The quantitative estimate of drug-likeness (QED) is 0.730. The van der Waals surface area contributed by atoms with Crippen molar-refractivity contribution in [2.75, 3.05) is 7.11 Å². The van der Waals surface area contributed by atoms with Gasteiger partial charge >= 0.3 is 0 Å². The predicted octanol–water partition coefficient (Wildman–Crippen LogP) is 1.72. The van der Waals surface area contributed by atoms with Crippen LogP contribution in [0.15, 0.2) is 43.0 Å². The van der Waals surface area contributed by atoms with Gasteiger partial charge in [0.1, 0.15) is 12.1 Å². The number of hydrogen-bond donors (Lipinski definition) is 0. The van der Waals surface area contributed by atoms with Gasteiger partial charge in [-0.05, 0) is 24.3 Å². The first-order chi connectivity index (χ1) is 7.81. The van der Waals surface area contributed by atoms with Gasteiger partial charge in [0.25, 0.3) is 0 Å². The molecule has 0 amide bonds. The summed E-state index contributed by atoms with van der Waals surface area (Å²) in [6.07, 6.45) is 4.39. The van der Waals surface area contributed by atoms with Crippen molar-refractivity contribution >= 4 is 5.78 Å².